The second-order valence-electron chi connectivity index (χ2n) is 3.56. The van der Waals surface area contributed by atoms with Crippen molar-refractivity contribution >= 4 is 11.3 Å². The summed E-state index contributed by atoms with van der Waals surface area (Å²) in [5.41, 5.74) is 4.90. The summed E-state index contributed by atoms with van der Waals surface area (Å²) in [7, 11) is 1.49. The molecule has 0 spiro atoms. The van der Waals surface area contributed by atoms with Crippen LogP contribution < -0.4 is 10.5 Å². The van der Waals surface area contributed by atoms with E-state index in [9.17, 15) is 8.78 Å². The van der Waals surface area contributed by atoms with Crippen LogP contribution in [0.4, 0.5) is 8.78 Å². The minimum atomic E-state index is -2.62. The minimum absolute atomic E-state index is 0.300. The quantitative estimate of drug-likeness (QED) is 0.825. The van der Waals surface area contributed by atoms with Crippen molar-refractivity contribution in [3.63, 3.8) is 0 Å². The Balaban J connectivity index is 2.16. The molecule has 14 heavy (non-hydrogen) atoms. The molecule has 1 saturated carbocycles. The van der Waals surface area contributed by atoms with Gasteiger partial charge >= 0.3 is 0 Å². The second kappa shape index (κ2) is 2.87. The normalized spacial score (nSPS) is 22.9. The lowest BCUT2D eigenvalue weighted by molar-refractivity contribution is -0.124. The van der Waals surface area contributed by atoms with Gasteiger partial charge in [0.1, 0.15) is 0 Å². The van der Waals surface area contributed by atoms with Gasteiger partial charge < -0.3 is 10.5 Å². The number of hydrogen-bond donors (Lipinski definition) is 1. The van der Waals surface area contributed by atoms with Crippen molar-refractivity contribution in [3.8, 4) is 5.19 Å². The molecule has 0 aromatic carbocycles. The van der Waals surface area contributed by atoms with Crippen molar-refractivity contribution in [2.75, 3.05) is 7.11 Å². The van der Waals surface area contributed by atoms with Gasteiger partial charge in [-0.2, -0.15) is 0 Å². The molecule has 0 saturated heterocycles. The fraction of sp³-hybridized carbons (Fsp3) is 0.625. The first kappa shape index (κ1) is 9.79. The van der Waals surface area contributed by atoms with E-state index in [0.29, 0.717) is 10.1 Å². The lowest BCUT2D eigenvalue weighted by Crippen LogP contribution is -2.55. The lowest BCUT2D eigenvalue weighted by atomic mass is 9.73. The molecule has 1 aromatic rings. The number of nitrogens with zero attached hydrogens (tertiary/aromatic N) is 1. The average Bonchev–Trinajstić information content (AvgIpc) is 2.48. The van der Waals surface area contributed by atoms with Crippen LogP contribution in [0.5, 0.6) is 5.19 Å². The van der Waals surface area contributed by atoms with Gasteiger partial charge in [-0.1, -0.05) is 11.3 Å². The largest absolute Gasteiger partial charge is 0.473 e. The van der Waals surface area contributed by atoms with Crippen LogP contribution in [0.15, 0.2) is 6.20 Å². The Morgan fingerprint density at radius 3 is 2.64 bits per heavy atom. The predicted octanol–water partition coefficient (Wildman–Crippen LogP) is 1.73. The van der Waals surface area contributed by atoms with Crippen LogP contribution >= 0.6 is 11.3 Å². The maximum atomic E-state index is 12.7. The van der Waals surface area contributed by atoms with Crippen molar-refractivity contribution in [1.82, 2.24) is 4.98 Å². The molecule has 0 radical (unpaired) electrons. The molecule has 1 aliphatic carbocycles. The van der Waals surface area contributed by atoms with Crippen LogP contribution in [-0.2, 0) is 5.54 Å². The van der Waals surface area contributed by atoms with Crippen LogP contribution in [0.25, 0.3) is 0 Å². The highest BCUT2D eigenvalue weighted by Gasteiger charge is 2.56. The van der Waals surface area contributed by atoms with Gasteiger partial charge in [0.25, 0.3) is 11.1 Å². The summed E-state index contributed by atoms with van der Waals surface area (Å²) in [5, 5.41) is 0.458. The molecule has 1 aromatic heterocycles. The molecule has 2 N–H and O–H groups in total. The van der Waals surface area contributed by atoms with Crippen LogP contribution in [0, 0.1) is 0 Å². The molecule has 0 unspecified atom stereocenters. The number of halogens is 2. The highest BCUT2D eigenvalue weighted by molar-refractivity contribution is 7.13. The molecule has 1 heterocycles. The van der Waals surface area contributed by atoms with E-state index in [1.807, 2.05) is 0 Å². The van der Waals surface area contributed by atoms with Crippen LogP contribution in [-0.4, -0.2) is 18.0 Å². The summed E-state index contributed by atoms with van der Waals surface area (Å²) >= 11 is 1.22. The van der Waals surface area contributed by atoms with Gasteiger partial charge in [-0.3, -0.25) is 0 Å². The van der Waals surface area contributed by atoms with Crippen molar-refractivity contribution in [3.05, 3.63) is 11.1 Å². The van der Waals surface area contributed by atoms with Crippen molar-refractivity contribution < 1.29 is 13.5 Å². The summed E-state index contributed by atoms with van der Waals surface area (Å²) in [4.78, 5) is 4.57. The molecule has 1 aliphatic rings. The maximum absolute atomic E-state index is 12.7. The van der Waals surface area contributed by atoms with Gasteiger partial charge in [-0.15, -0.1) is 0 Å². The highest BCUT2D eigenvalue weighted by atomic mass is 32.1. The van der Waals surface area contributed by atoms with E-state index >= 15 is 0 Å². The summed E-state index contributed by atoms with van der Waals surface area (Å²) in [6.45, 7) is 0. The van der Waals surface area contributed by atoms with Gasteiger partial charge in [-0.05, 0) is 0 Å². The molecule has 1 fully saturated rings. The number of nitrogens with two attached hydrogens (primary N) is 1. The molecule has 6 heteroatoms. The van der Waals surface area contributed by atoms with Crippen LogP contribution in [0.2, 0.25) is 0 Å². The Hall–Kier alpha value is -0.750. The summed E-state index contributed by atoms with van der Waals surface area (Å²) in [6, 6.07) is 0. The van der Waals surface area contributed by atoms with Crippen LogP contribution in [0.1, 0.15) is 17.7 Å². The first-order valence-corrected chi connectivity index (χ1v) is 4.94. The maximum Gasteiger partial charge on any atom is 0.273 e. The minimum Gasteiger partial charge on any atom is -0.473 e. The lowest BCUT2D eigenvalue weighted by Gasteiger charge is -2.43. The zero-order chi connectivity index (χ0) is 10.4. The smallest absolute Gasteiger partial charge is 0.273 e. The Kier molecular flexibility index (Phi) is 2.01. The average molecular weight is 220 g/mol. The van der Waals surface area contributed by atoms with E-state index in [1.165, 1.54) is 24.6 Å². The Labute approximate surface area is 83.9 Å². The number of methoxy groups -OCH3 is 1. The number of hydrogen-bond acceptors (Lipinski definition) is 4. The summed E-state index contributed by atoms with van der Waals surface area (Å²) < 4.78 is 30.2. The third-order valence-corrected chi connectivity index (χ3v) is 3.48. The molecule has 78 valence electrons. The first-order valence-electron chi connectivity index (χ1n) is 4.12. The molecule has 0 atom stereocenters. The van der Waals surface area contributed by atoms with Gasteiger partial charge in [0.15, 0.2) is 0 Å². The zero-order valence-corrected chi connectivity index (χ0v) is 8.41. The fourth-order valence-corrected chi connectivity index (χ4v) is 2.46. The molecular weight excluding hydrogens is 210 g/mol. The zero-order valence-electron chi connectivity index (χ0n) is 7.59. The Bertz CT molecular complexity index is 345. The molecule has 3 nitrogen and oxygen atoms in total. The number of alkyl halides is 2. The molecule has 0 bridgehead atoms. The predicted molar refractivity (Wildman–Crippen MR) is 48.7 cm³/mol. The second-order valence-corrected chi connectivity index (χ2v) is 4.55. The molecule has 0 aliphatic heterocycles. The number of ether oxygens (including phenoxy) is 1. The first-order chi connectivity index (χ1) is 6.45. The van der Waals surface area contributed by atoms with Gasteiger partial charge in [0, 0.05) is 23.9 Å². The third-order valence-electron chi connectivity index (χ3n) is 2.30. The van der Waals surface area contributed by atoms with Crippen molar-refractivity contribution in [2.45, 2.75) is 24.3 Å². The molecule has 2 rings (SSSR count). The Morgan fingerprint density at radius 1 is 1.57 bits per heavy atom. The third kappa shape index (κ3) is 1.48. The van der Waals surface area contributed by atoms with Crippen molar-refractivity contribution in [2.24, 2.45) is 5.73 Å². The highest BCUT2D eigenvalue weighted by Crippen LogP contribution is 2.51. The van der Waals surface area contributed by atoms with E-state index in [0.717, 1.165) is 0 Å². The van der Waals surface area contributed by atoms with Crippen LogP contribution in [0.3, 0.4) is 0 Å². The topological polar surface area (TPSA) is 48.1 Å². The van der Waals surface area contributed by atoms with E-state index < -0.39 is 11.5 Å². The van der Waals surface area contributed by atoms with E-state index in [1.54, 1.807) is 0 Å². The molecular formula is C8H10F2N2OS. The fourth-order valence-electron chi connectivity index (χ4n) is 1.63. The number of thiazole rings is 1. The Morgan fingerprint density at radius 2 is 2.21 bits per heavy atom. The summed E-state index contributed by atoms with van der Waals surface area (Å²) in [5.74, 6) is -2.62. The monoisotopic (exact) mass is 220 g/mol. The molecule has 0 amide bonds. The number of rotatable bonds is 2. The van der Waals surface area contributed by atoms with Gasteiger partial charge in [0.2, 0.25) is 0 Å². The SMILES string of the molecule is COc1ncc(C2(N)CC(F)(F)C2)s1. The summed E-state index contributed by atoms with van der Waals surface area (Å²) in [6.07, 6.45) is 0.912. The van der Waals surface area contributed by atoms with E-state index in [2.05, 4.69) is 4.98 Å². The standard InChI is InChI=1S/C8H10F2N2OS/c1-13-6-12-2-5(14-6)7(11)3-8(9,10)4-7/h2H,3-4,11H2,1H3. The van der Waals surface area contributed by atoms with Gasteiger partial charge in [-0.25, -0.2) is 13.8 Å². The van der Waals surface area contributed by atoms with E-state index in [4.69, 9.17) is 10.5 Å². The van der Waals surface area contributed by atoms with Crippen molar-refractivity contribution in [1.29, 1.82) is 0 Å². The van der Waals surface area contributed by atoms with Gasteiger partial charge in [0.05, 0.1) is 12.6 Å². The van der Waals surface area contributed by atoms with E-state index in [-0.39, 0.29) is 12.8 Å². The number of aromatic nitrogens is 1.